The number of hydrogen-bond acceptors (Lipinski definition) is 1. The first kappa shape index (κ1) is 13.9. The van der Waals surface area contributed by atoms with E-state index in [4.69, 9.17) is 5.73 Å². The fourth-order valence-corrected chi connectivity index (χ4v) is 2.81. The van der Waals surface area contributed by atoms with Crippen molar-refractivity contribution in [3.8, 4) is 11.3 Å². The van der Waals surface area contributed by atoms with Crippen LogP contribution in [-0.4, -0.2) is 10.5 Å². The number of hydrogen-bond donors (Lipinski definition) is 1. The third-order valence-corrected chi connectivity index (χ3v) is 3.69. The number of halogens is 1. The van der Waals surface area contributed by atoms with E-state index in [1.54, 1.807) is 0 Å². The van der Waals surface area contributed by atoms with Gasteiger partial charge in [-0.1, -0.05) is 28.1 Å². The lowest BCUT2D eigenvalue weighted by Gasteiger charge is -2.16. The van der Waals surface area contributed by atoms with Crippen LogP contribution in [0.2, 0.25) is 0 Å². The van der Waals surface area contributed by atoms with Crippen LogP contribution in [0.25, 0.3) is 11.3 Å². The zero-order valence-corrected chi connectivity index (χ0v) is 12.9. The van der Waals surface area contributed by atoms with E-state index in [1.165, 1.54) is 0 Å². The van der Waals surface area contributed by atoms with E-state index in [1.807, 2.05) is 37.3 Å². The van der Waals surface area contributed by atoms with Gasteiger partial charge in [-0.15, -0.1) is 0 Å². The molecule has 0 spiro atoms. The summed E-state index contributed by atoms with van der Waals surface area (Å²) in [5, 5.41) is 0. The van der Waals surface area contributed by atoms with Gasteiger partial charge in [0.2, 0.25) is 0 Å². The summed E-state index contributed by atoms with van der Waals surface area (Å²) in [6.45, 7) is 6.13. The second-order valence-electron chi connectivity index (χ2n) is 4.87. The Balaban J connectivity index is 2.69. The van der Waals surface area contributed by atoms with Gasteiger partial charge in [0.25, 0.3) is 5.91 Å². The number of rotatable bonds is 3. The van der Waals surface area contributed by atoms with Crippen molar-refractivity contribution in [3.05, 3.63) is 46.1 Å². The Bertz CT molecular complexity index is 629. The third-order valence-electron chi connectivity index (χ3n) is 3.19. The molecule has 1 amide bonds. The van der Waals surface area contributed by atoms with Crippen molar-refractivity contribution in [2.75, 3.05) is 0 Å². The molecule has 0 aliphatic rings. The van der Waals surface area contributed by atoms with E-state index in [-0.39, 0.29) is 11.9 Å². The number of benzene rings is 1. The zero-order chi connectivity index (χ0) is 14.2. The highest BCUT2D eigenvalue weighted by molar-refractivity contribution is 9.10. The molecule has 100 valence electrons. The molecule has 1 heterocycles. The van der Waals surface area contributed by atoms with E-state index in [9.17, 15) is 4.79 Å². The van der Waals surface area contributed by atoms with Gasteiger partial charge in [0.1, 0.15) is 0 Å². The van der Waals surface area contributed by atoms with Crippen molar-refractivity contribution in [1.82, 2.24) is 4.57 Å². The molecule has 1 aromatic heterocycles. The maximum absolute atomic E-state index is 11.5. The van der Waals surface area contributed by atoms with E-state index in [0.29, 0.717) is 5.56 Å². The molecule has 0 aliphatic heterocycles. The topological polar surface area (TPSA) is 48.0 Å². The van der Waals surface area contributed by atoms with Crippen molar-refractivity contribution >= 4 is 21.8 Å². The fraction of sp³-hybridized carbons (Fsp3) is 0.267. The molecular formula is C15H17BrN2O. The molecule has 2 N–H and O–H groups in total. The highest BCUT2D eigenvalue weighted by Crippen LogP contribution is 2.30. The third kappa shape index (κ3) is 2.59. The second-order valence-corrected chi connectivity index (χ2v) is 5.78. The molecular weight excluding hydrogens is 304 g/mol. The standard InChI is InChI=1S/C15H17BrN2O/c1-9(2)18-10(3)13(15(17)19)8-14(18)11-5-4-6-12(16)7-11/h4-9H,1-3H3,(H2,17,19). The minimum atomic E-state index is -0.381. The molecule has 1 aromatic carbocycles. The summed E-state index contributed by atoms with van der Waals surface area (Å²) in [6.07, 6.45) is 0. The molecule has 0 aliphatic carbocycles. The monoisotopic (exact) mass is 320 g/mol. The van der Waals surface area contributed by atoms with Gasteiger partial charge < -0.3 is 10.3 Å². The number of primary amides is 1. The van der Waals surface area contributed by atoms with Crippen LogP contribution in [0.1, 0.15) is 35.9 Å². The lowest BCUT2D eigenvalue weighted by Crippen LogP contribution is -2.13. The lowest BCUT2D eigenvalue weighted by molar-refractivity contribution is 0.0999. The summed E-state index contributed by atoms with van der Waals surface area (Å²) in [5.74, 6) is -0.381. The molecule has 3 nitrogen and oxygen atoms in total. The van der Waals surface area contributed by atoms with Crippen molar-refractivity contribution in [3.63, 3.8) is 0 Å². The predicted octanol–water partition coefficient (Wildman–Crippen LogP) is 3.91. The van der Waals surface area contributed by atoms with Crippen LogP contribution in [0.5, 0.6) is 0 Å². The summed E-state index contributed by atoms with van der Waals surface area (Å²) < 4.78 is 3.15. The molecule has 0 radical (unpaired) electrons. The van der Waals surface area contributed by atoms with Gasteiger partial charge in [-0.05, 0) is 44.5 Å². The maximum Gasteiger partial charge on any atom is 0.250 e. The minimum absolute atomic E-state index is 0.266. The highest BCUT2D eigenvalue weighted by Gasteiger charge is 2.18. The summed E-state index contributed by atoms with van der Waals surface area (Å²) in [7, 11) is 0. The number of carbonyl (C=O) groups excluding carboxylic acids is 1. The Kier molecular flexibility index (Phi) is 3.80. The van der Waals surface area contributed by atoms with E-state index in [0.717, 1.165) is 21.4 Å². The normalized spacial score (nSPS) is 11.0. The van der Waals surface area contributed by atoms with Crippen LogP contribution < -0.4 is 5.73 Å². The first-order valence-corrected chi connectivity index (χ1v) is 6.98. The Hall–Kier alpha value is -1.55. The second kappa shape index (κ2) is 5.21. The van der Waals surface area contributed by atoms with Crippen molar-refractivity contribution in [1.29, 1.82) is 0 Å². The maximum atomic E-state index is 11.5. The van der Waals surface area contributed by atoms with Crippen molar-refractivity contribution in [2.45, 2.75) is 26.8 Å². The van der Waals surface area contributed by atoms with Crippen LogP contribution >= 0.6 is 15.9 Å². The number of nitrogens with zero attached hydrogens (tertiary/aromatic N) is 1. The van der Waals surface area contributed by atoms with Gasteiger partial charge >= 0.3 is 0 Å². The van der Waals surface area contributed by atoms with Gasteiger partial charge in [-0.25, -0.2) is 0 Å². The van der Waals surface area contributed by atoms with Gasteiger partial charge in [-0.3, -0.25) is 4.79 Å². The molecule has 0 unspecified atom stereocenters. The largest absolute Gasteiger partial charge is 0.366 e. The lowest BCUT2D eigenvalue weighted by atomic mass is 10.1. The summed E-state index contributed by atoms with van der Waals surface area (Å²) >= 11 is 3.47. The Labute approximate surface area is 121 Å². The van der Waals surface area contributed by atoms with Crippen LogP contribution in [0.4, 0.5) is 0 Å². The van der Waals surface area contributed by atoms with E-state index >= 15 is 0 Å². The molecule has 2 rings (SSSR count). The molecule has 0 saturated carbocycles. The molecule has 0 atom stereocenters. The first-order chi connectivity index (χ1) is 8.91. The summed E-state index contributed by atoms with van der Waals surface area (Å²) in [6, 6.07) is 10.2. The molecule has 4 heteroatoms. The minimum Gasteiger partial charge on any atom is -0.366 e. The average Bonchev–Trinajstić information content (AvgIpc) is 2.67. The SMILES string of the molecule is Cc1c(C(N)=O)cc(-c2cccc(Br)c2)n1C(C)C. The number of aromatic nitrogens is 1. The van der Waals surface area contributed by atoms with Gasteiger partial charge in [-0.2, -0.15) is 0 Å². The van der Waals surface area contributed by atoms with Gasteiger partial charge in [0.05, 0.1) is 5.56 Å². The summed E-state index contributed by atoms with van der Waals surface area (Å²) in [4.78, 5) is 11.5. The van der Waals surface area contributed by atoms with Crippen LogP contribution in [-0.2, 0) is 0 Å². The summed E-state index contributed by atoms with van der Waals surface area (Å²) in [5.41, 5.74) is 9.03. The quantitative estimate of drug-likeness (QED) is 0.915. The van der Waals surface area contributed by atoms with Crippen LogP contribution in [0.3, 0.4) is 0 Å². The van der Waals surface area contributed by atoms with E-state index < -0.39 is 0 Å². The van der Waals surface area contributed by atoms with Crippen molar-refractivity contribution in [2.24, 2.45) is 5.73 Å². The van der Waals surface area contributed by atoms with Crippen molar-refractivity contribution < 1.29 is 4.79 Å². The Morgan fingerprint density at radius 2 is 2.00 bits per heavy atom. The number of carbonyl (C=O) groups is 1. The number of amides is 1. The molecule has 19 heavy (non-hydrogen) atoms. The molecule has 0 fully saturated rings. The van der Waals surface area contributed by atoms with Crippen LogP contribution in [0.15, 0.2) is 34.8 Å². The van der Waals surface area contributed by atoms with Gasteiger partial charge in [0, 0.05) is 21.9 Å². The average molecular weight is 321 g/mol. The number of nitrogens with two attached hydrogens (primary N) is 1. The molecule has 0 saturated heterocycles. The fourth-order valence-electron chi connectivity index (χ4n) is 2.41. The van der Waals surface area contributed by atoms with Gasteiger partial charge in [0.15, 0.2) is 0 Å². The molecule has 0 bridgehead atoms. The first-order valence-electron chi connectivity index (χ1n) is 6.19. The smallest absolute Gasteiger partial charge is 0.250 e. The predicted molar refractivity (Wildman–Crippen MR) is 81.2 cm³/mol. The zero-order valence-electron chi connectivity index (χ0n) is 11.3. The molecule has 2 aromatic rings. The van der Waals surface area contributed by atoms with E-state index in [2.05, 4.69) is 34.3 Å². The van der Waals surface area contributed by atoms with Crippen LogP contribution in [0, 0.1) is 6.92 Å². The highest BCUT2D eigenvalue weighted by atomic mass is 79.9. The Morgan fingerprint density at radius 3 is 2.53 bits per heavy atom. The Morgan fingerprint density at radius 1 is 1.32 bits per heavy atom.